The van der Waals surface area contributed by atoms with Gasteiger partial charge < -0.3 is 5.32 Å². The van der Waals surface area contributed by atoms with Crippen molar-refractivity contribution < 1.29 is 14.1 Å². The Bertz CT molecular complexity index is 689. The summed E-state index contributed by atoms with van der Waals surface area (Å²) in [6.45, 7) is 0. The van der Waals surface area contributed by atoms with Gasteiger partial charge in [-0.1, -0.05) is 12.1 Å². The summed E-state index contributed by atoms with van der Waals surface area (Å²) >= 11 is 5.65. The van der Waals surface area contributed by atoms with E-state index in [1.807, 2.05) is 0 Å². The van der Waals surface area contributed by atoms with Gasteiger partial charge >= 0.3 is 0 Å². The quantitative estimate of drug-likeness (QED) is 0.531. The van der Waals surface area contributed by atoms with Crippen LogP contribution in [0.4, 0.5) is 15.8 Å². The number of nitro groups is 1. The zero-order valence-corrected chi connectivity index (χ0v) is 11.4. The maximum absolute atomic E-state index is 13.0. The third kappa shape index (κ3) is 3.55. The number of nitro benzene ring substituents is 1. The van der Waals surface area contributed by atoms with Crippen LogP contribution in [0, 0.1) is 15.9 Å². The number of benzene rings is 2. The Hall–Kier alpha value is -2.47. The van der Waals surface area contributed by atoms with Gasteiger partial charge in [-0.25, -0.2) is 4.39 Å². The molecule has 2 aromatic carbocycles. The van der Waals surface area contributed by atoms with Crippen LogP contribution in [0.15, 0.2) is 42.5 Å². The fourth-order valence-corrected chi connectivity index (χ4v) is 1.88. The first-order valence-electron chi connectivity index (χ1n) is 5.91. The molecule has 0 heterocycles. The van der Waals surface area contributed by atoms with E-state index in [1.165, 1.54) is 0 Å². The number of nitrogens with zero attached hydrogens (tertiary/aromatic N) is 1. The minimum Gasteiger partial charge on any atom is -0.316 e. The minimum absolute atomic E-state index is 0.0622. The summed E-state index contributed by atoms with van der Waals surface area (Å²) in [5.41, 5.74) is 0.608. The van der Waals surface area contributed by atoms with Crippen molar-refractivity contribution >= 4 is 28.9 Å². The molecule has 1 amide bonds. The predicted molar refractivity (Wildman–Crippen MR) is 77.0 cm³/mol. The number of carbonyl (C=O) groups excluding carboxylic acids is 1. The van der Waals surface area contributed by atoms with Crippen LogP contribution in [0.2, 0.25) is 0 Å². The molecular weight excluding hydrogens is 299 g/mol. The van der Waals surface area contributed by atoms with Crippen molar-refractivity contribution in [2.75, 3.05) is 5.32 Å². The van der Waals surface area contributed by atoms with E-state index >= 15 is 0 Å². The highest BCUT2D eigenvalue weighted by Crippen LogP contribution is 2.25. The number of halogens is 2. The molecule has 5 nitrogen and oxygen atoms in total. The molecule has 0 saturated heterocycles. The minimum atomic E-state index is -0.755. The van der Waals surface area contributed by atoms with E-state index in [0.717, 1.165) is 23.8 Å². The fourth-order valence-electron chi connectivity index (χ4n) is 1.70. The lowest BCUT2D eigenvalue weighted by atomic mass is 10.1. The summed E-state index contributed by atoms with van der Waals surface area (Å²) in [7, 11) is 0. The van der Waals surface area contributed by atoms with Gasteiger partial charge in [0.15, 0.2) is 0 Å². The molecule has 0 fully saturated rings. The number of hydrogen-bond acceptors (Lipinski definition) is 3. The van der Waals surface area contributed by atoms with E-state index in [-0.39, 0.29) is 5.69 Å². The van der Waals surface area contributed by atoms with Gasteiger partial charge in [0.2, 0.25) is 0 Å². The van der Waals surface area contributed by atoms with Gasteiger partial charge in [0.05, 0.1) is 11.0 Å². The molecule has 7 heteroatoms. The Morgan fingerprint density at radius 1 is 1.24 bits per heavy atom. The first-order chi connectivity index (χ1) is 10.0. The normalized spacial score (nSPS) is 10.2. The number of amides is 1. The van der Waals surface area contributed by atoms with Gasteiger partial charge in [-0.3, -0.25) is 14.9 Å². The lowest BCUT2D eigenvalue weighted by molar-refractivity contribution is -0.384. The molecule has 0 aromatic heterocycles. The van der Waals surface area contributed by atoms with Crippen LogP contribution in [0.3, 0.4) is 0 Å². The van der Waals surface area contributed by atoms with Gasteiger partial charge in [0.25, 0.3) is 11.6 Å². The van der Waals surface area contributed by atoms with Gasteiger partial charge in [-0.15, -0.1) is 11.6 Å². The third-order valence-corrected chi connectivity index (χ3v) is 3.08. The van der Waals surface area contributed by atoms with Gasteiger partial charge in [0, 0.05) is 11.4 Å². The number of hydrogen-bond donors (Lipinski definition) is 1. The standard InChI is InChI=1S/C14H10ClFN2O3/c15-8-9-1-3-10(4-2-9)14(19)17-12-6-5-11(16)7-13(12)18(20)21/h1-7H,8H2,(H,17,19). The first kappa shape index (κ1) is 14.9. The summed E-state index contributed by atoms with van der Waals surface area (Å²) in [5.74, 6) is -0.942. The molecule has 0 spiro atoms. The number of carbonyl (C=O) groups is 1. The van der Waals surface area contributed by atoms with E-state index < -0.39 is 22.3 Å². The van der Waals surface area contributed by atoms with Crippen molar-refractivity contribution in [2.45, 2.75) is 5.88 Å². The molecule has 0 unspecified atom stereocenters. The molecule has 0 atom stereocenters. The summed E-state index contributed by atoms with van der Waals surface area (Å²) in [6.07, 6.45) is 0. The molecule has 0 aliphatic rings. The average Bonchev–Trinajstić information content (AvgIpc) is 2.49. The largest absolute Gasteiger partial charge is 0.316 e. The molecule has 21 heavy (non-hydrogen) atoms. The van der Waals surface area contributed by atoms with Gasteiger partial charge in [-0.2, -0.15) is 0 Å². The van der Waals surface area contributed by atoms with Crippen molar-refractivity contribution in [1.29, 1.82) is 0 Å². The second-order valence-corrected chi connectivity index (χ2v) is 4.47. The number of alkyl halides is 1. The SMILES string of the molecule is O=C(Nc1ccc(F)cc1[N+](=O)[O-])c1ccc(CCl)cc1. The zero-order chi connectivity index (χ0) is 15.4. The molecule has 108 valence electrons. The molecule has 0 bridgehead atoms. The zero-order valence-electron chi connectivity index (χ0n) is 10.7. The topological polar surface area (TPSA) is 72.2 Å². The molecule has 0 aliphatic carbocycles. The molecule has 1 N–H and O–H groups in total. The monoisotopic (exact) mass is 308 g/mol. The fraction of sp³-hybridized carbons (Fsp3) is 0.0714. The van der Waals surface area contributed by atoms with Crippen LogP contribution in [0.25, 0.3) is 0 Å². The number of anilines is 1. The van der Waals surface area contributed by atoms with E-state index in [2.05, 4.69) is 5.32 Å². The molecular formula is C14H10ClFN2O3. The van der Waals surface area contributed by atoms with Crippen molar-refractivity contribution in [1.82, 2.24) is 0 Å². The lowest BCUT2D eigenvalue weighted by Gasteiger charge is -2.06. The Morgan fingerprint density at radius 2 is 1.90 bits per heavy atom. The smallest absolute Gasteiger partial charge is 0.295 e. The molecule has 2 aromatic rings. The van der Waals surface area contributed by atoms with Crippen molar-refractivity contribution in [3.05, 3.63) is 69.5 Å². The lowest BCUT2D eigenvalue weighted by Crippen LogP contribution is -2.13. The molecule has 0 aliphatic heterocycles. The van der Waals surface area contributed by atoms with Gasteiger partial charge in [-0.05, 0) is 29.8 Å². The maximum Gasteiger partial charge on any atom is 0.295 e. The van der Waals surface area contributed by atoms with Crippen molar-refractivity contribution in [3.63, 3.8) is 0 Å². The second-order valence-electron chi connectivity index (χ2n) is 4.20. The highest BCUT2D eigenvalue weighted by molar-refractivity contribution is 6.17. The summed E-state index contributed by atoms with van der Waals surface area (Å²) in [4.78, 5) is 22.1. The highest BCUT2D eigenvalue weighted by Gasteiger charge is 2.17. The molecule has 0 saturated carbocycles. The average molecular weight is 309 g/mol. The van der Waals surface area contributed by atoms with Crippen LogP contribution < -0.4 is 5.32 Å². The number of nitrogens with one attached hydrogen (secondary N) is 1. The van der Waals surface area contributed by atoms with E-state index in [1.54, 1.807) is 24.3 Å². The van der Waals surface area contributed by atoms with Crippen LogP contribution in [0.1, 0.15) is 15.9 Å². The van der Waals surface area contributed by atoms with Crippen molar-refractivity contribution in [2.24, 2.45) is 0 Å². The third-order valence-electron chi connectivity index (χ3n) is 2.78. The van der Waals surface area contributed by atoms with Crippen LogP contribution in [-0.2, 0) is 5.88 Å². The molecule has 0 radical (unpaired) electrons. The summed E-state index contributed by atoms with van der Waals surface area (Å²) < 4.78 is 13.0. The highest BCUT2D eigenvalue weighted by atomic mass is 35.5. The Morgan fingerprint density at radius 3 is 2.48 bits per heavy atom. The summed E-state index contributed by atoms with van der Waals surface area (Å²) in [5, 5.41) is 13.2. The maximum atomic E-state index is 13.0. The van der Waals surface area contributed by atoms with E-state index in [0.29, 0.717) is 11.4 Å². The Kier molecular flexibility index (Phi) is 4.49. The first-order valence-corrected chi connectivity index (χ1v) is 6.45. The number of rotatable bonds is 4. The van der Waals surface area contributed by atoms with Crippen LogP contribution in [-0.4, -0.2) is 10.8 Å². The van der Waals surface area contributed by atoms with Crippen LogP contribution >= 0.6 is 11.6 Å². The van der Waals surface area contributed by atoms with Crippen molar-refractivity contribution in [3.8, 4) is 0 Å². The van der Waals surface area contributed by atoms with Crippen LogP contribution in [0.5, 0.6) is 0 Å². The second kappa shape index (κ2) is 6.32. The summed E-state index contributed by atoms with van der Waals surface area (Å²) in [6, 6.07) is 9.43. The molecule has 2 rings (SSSR count). The Balaban J connectivity index is 2.24. The van der Waals surface area contributed by atoms with E-state index in [4.69, 9.17) is 11.6 Å². The predicted octanol–water partition coefficient (Wildman–Crippen LogP) is 3.73. The Labute approximate surface area is 124 Å². The van der Waals surface area contributed by atoms with Gasteiger partial charge in [0.1, 0.15) is 11.5 Å². The van der Waals surface area contributed by atoms with E-state index in [9.17, 15) is 19.3 Å².